The van der Waals surface area contributed by atoms with Gasteiger partial charge in [-0.3, -0.25) is 4.79 Å². The molecule has 134 valence electrons. The maximum Gasteiger partial charge on any atom is 0.256 e. The van der Waals surface area contributed by atoms with Crippen molar-refractivity contribution in [2.24, 2.45) is 0 Å². The lowest BCUT2D eigenvalue weighted by Crippen LogP contribution is -2.39. The molecule has 1 aromatic carbocycles. The van der Waals surface area contributed by atoms with E-state index in [2.05, 4.69) is 10.1 Å². The first-order valence-corrected chi connectivity index (χ1v) is 9.11. The summed E-state index contributed by atoms with van der Waals surface area (Å²) in [6, 6.07) is 6.81. The van der Waals surface area contributed by atoms with E-state index in [4.69, 9.17) is 4.52 Å². The fourth-order valence-corrected chi connectivity index (χ4v) is 3.75. The number of nitrogens with zero attached hydrogens (tertiary/aromatic N) is 3. The van der Waals surface area contributed by atoms with E-state index < -0.39 is 17.5 Å². The summed E-state index contributed by atoms with van der Waals surface area (Å²) >= 11 is 1.52. The Kier molecular flexibility index (Phi) is 4.50. The molecule has 0 unspecified atom stereocenters. The molecule has 3 heterocycles. The van der Waals surface area contributed by atoms with Gasteiger partial charge in [-0.25, -0.2) is 8.78 Å². The standard InChI is InChI=1S/C18H15F2N3O2S/c19-12-5-6-13(14(20)9-12)18(24)23-7-1-3-11(10-23)17-21-16(22-25-17)15-4-2-8-26-15/h2,4-6,8-9,11H,1,3,7,10H2/t11-/m1/s1. The predicted molar refractivity (Wildman–Crippen MR) is 91.8 cm³/mol. The van der Waals surface area contributed by atoms with Gasteiger partial charge < -0.3 is 9.42 Å². The van der Waals surface area contributed by atoms with Crippen LogP contribution in [0.3, 0.4) is 0 Å². The van der Waals surface area contributed by atoms with Gasteiger partial charge in [-0.15, -0.1) is 11.3 Å². The Balaban J connectivity index is 1.51. The summed E-state index contributed by atoms with van der Waals surface area (Å²) in [5, 5.41) is 5.94. The van der Waals surface area contributed by atoms with E-state index in [-0.39, 0.29) is 11.5 Å². The van der Waals surface area contributed by atoms with Crippen molar-refractivity contribution in [3.8, 4) is 10.7 Å². The average Bonchev–Trinajstić information content (AvgIpc) is 3.33. The number of hydrogen-bond donors (Lipinski definition) is 0. The molecule has 0 aliphatic carbocycles. The van der Waals surface area contributed by atoms with Gasteiger partial charge in [0.1, 0.15) is 11.6 Å². The van der Waals surface area contributed by atoms with E-state index >= 15 is 0 Å². The zero-order valence-corrected chi connectivity index (χ0v) is 14.5. The molecular weight excluding hydrogens is 360 g/mol. The Labute approximate surface area is 152 Å². The van der Waals surface area contributed by atoms with Crippen LogP contribution in [0.5, 0.6) is 0 Å². The van der Waals surface area contributed by atoms with E-state index in [1.165, 1.54) is 17.4 Å². The molecule has 0 N–H and O–H groups in total. The van der Waals surface area contributed by atoms with Crippen LogP contribution in [0.15, 0.2) is 40.2 Å². The first-order chi connectivity index (χ1) is 12.6. The number of thiophene rings is 1. The summed E-state index contributed by atoms with van der Waals surface area (Å²) in [7, 11) is 0. The monoisotopic (exact) mass is 375 g/mol. The predicted octanol–water partition coefficient (Wildman–Crippen LogP) is 4.10. The summed E-state index contributed by atoms with van der Waals surface area (Å²) in [6.07, 6.45) is 1.55. The van der Waals surface area contributed by atoms with Crippen molar-refractivity contribution in [2.45, 2.75) is 18.8 Å². The number of amides is 1. The molecule has 3 aromatic rings. The number of carbonyl (C=O) groups excluding carboxylic acids is 1. The third-order valence-electron chi connectivity index (χ3n) is 4.40. The van der Waals surface area contributed by atoms with Crippen LogP contribution in [0, 0.1) is 11.6 Å². The summed E-state index contributed by atoms with van der Waals surface area (Å²) < 4.78 is 32.4. The van der Waals surface area contributed by atoms with Crippen molar-refractivity contribution < 1.29 is 18.1 Å². The van der Waals surface area contributed by atoms with Gasteiger partial charge in [-0.1, -0.05) is 11.2 Å². The second-order valence-corrected chi connectivity index (χ2v) is 7.10. The minimum atomic E-state index is -0.852. The van der Waals surface area contributed by atoms with Crippen molar-refractivity contribution in [1.29, 1.82) is 0 Å². The molecule has 1 atom stereocenters. The van der Waals surface area contributed by atoms with E-state index in [1.54, 1.807) is 4.90 Å². The Bertz CT molecular complexity index is 926. The molecule has 2 aromatic heterocycles. The van der Waals surface area contributed by atoms with Crippen LogP contribution in [0.25, 0.3) is 10.7 Å². The van der Waals surface area contributed by atoms with E-state index in [1.807, 2.05) is 17.5 Å². The lowest BCUT2D eigenvalue weighted by molar-refractivity contribution is 0.0691. The second kappa shape index (κ2) is 6.95. The first kappa shape index (κ1) is 16.8. The molecule has 1 amide bonds. The fourth-order valence-electron chi connectivity index (χ4n) is 3.10. The Hall–Kier alpha value is -2.61. The van der Waals surface area contributed by atoms with Crippen molar-refractivity contribution in [3.63, 3.8) is 0 Å². The quantitative estimate of drug-likeness (QED) is 0.692. The Morgan fingerprint density at radius 3 is 2.96 bits per heavy atom. The summed E-state index contributed by atoms with van der Waals surface area (Å²) in [6.45, 7) is 0.875. The number of halogens is 2. The highest BCUT2D eigenvalue weighted by Crippen LogP contribution is 2.29. The molecule has 5 nitrogen and oxygen atoms in total. The second-order valence-electron chi connectivity index (χ2n) is 6.15. The van der Waals surface area contributed by atoms with Gasteiger partial charge in [0.2, 0.25) is 11.7 Å². The summed E-state index contributed by atoms with van der Waals surface area (Å²) in [5.74, 6) is -1.10. The van der Waals surface area contributed by atoms with Crippen molar-refractivity contribution in [2.75, 3.05) is 13.1 Å². The summed E-state index contributed by atoms with van der Waals surface area (Å²) in [4.78, 5) is 19.5. The van der Waals surface area contributed by atoms with Crippen LogP contribution in [0.2, 0.25) is 0 Å². The van der Waals surface area contributed by atoms with Crippen LogP contribution in [-0.4, -0.2) is 34.0 Å². The third-order valence-corrected chi connectivity index (χ3v) is 5.27. The van der Waals surface area contributed by atoms with E-state index in [9.17, 15) is 13.6 Å². The Morgan fingerprint density at radius 1 is 1.31 bits per heavy atom. The molecule has 0 radical (unpaired) electrons. The number of piperidine rings is 1. The van der Waals surface area contributed by atoms with E-state index in [0.717, 1.165) is 29.9 Å². The molecule has 1 fully saturated rings. The smallest absolute Gasteiger partial charge is 0.256 e. The van der Waals surface area contributed by atoms with Gasteiger partial charge in [0, 0.05) is 19.2 Å². The number of likely N-dealkylation sites (tertiary alicyclic amines) is 1. The molecule has 26 heavy (non-hydrogen) atoms. The molecule has 8 heteroatoms. The highest BCUT2D eigenvalue weighted by atomic mass is 32.1. The van der Waals surface area contributed by atoms with Gasteiger partial charge in [0.05, 0.1) is 16.4 Å². The Morgan fingerprint density at radius 2 is 2.19 bits per heavy atom. The zero-order valence-electron chi connectivity index (χ0n) is 13.7. The molecule has 0 bridgehead atoms. The minimum Gasteiger partial charge on any atom is -0.339 e. The normalized spacial score (nSPS) is 17.5. The molecule has 4 rings (SSSR count). The van der Waals surface area contributed by atoms with Crippen LogP contribution in [-0.2, 0) is 0 Å². The molecule has 1 saturated heterocycles. The van der Waals surface area contributed by atoms with Crippen molar-refractivity contribution in [1.82, 2.24) is 15.0 Å². The van der Waals surface area contributed by atoms with Gasteiger partial charge in [0.25, 0.3) is 5.91 Å². The minimum absolute atomic E-state index is 0.0996. The van der Waals surface area contributed by atoms with Crippen LogP contribution in [0.1, 0.15) is 35.0 Å². The van der Waals surface area contributed by atoms with Crippen LogP contribution < -0.4 is 0 Å². The highest BCUT2D eigenvalue weighted by molar-refractivity contribution is 7.13. The number of benzene rings is 1. The van der Waals surface area contributed by atoms with Gasteiger partial charge in [0.15, 0.2) is 0 Å². The van der Waals surface area contributed by atoms with Crippen molar-refractivity contribution >= 4 is 17.2 Å². The maximum atomic E-state index is 13.9. The topological polar surface area (TPSA) is 59.2 Å². The van der Waals surface area contributed by atoms with E-state index in [0.29, 0.717) is 24.8 Å². The molecular formula is C18H15F2N3O2S. The van der Waals surface area contributed by atoms with Crippen LogP contribution in [0.4, 0.5) is 8.78 Å². The molecule has 1 aliphatic rings. The lowest BCUT2D eigenvalue weighted by Gasteiger charge is -2.31. The molecule has 1 aliphatic heterocycles. The van der Waals surface area contributed by atoms with Gasteiger partial charge >= 0.3 is 0 Å². The summed E-state index contributed by atoms with van der Waals surface area (Å²) in [5.41, 5.74) is -0.128. The van der Waals surface area contributed by atoms with Crippen LogP contribution >= 0.6 is 11.3 Å². The number of hydrogen-bond acceptors (Lipinski definition) is 5. The number of carbonyl (C=O) groups is 1. The van der Waals surface area contributed by atoms with Gasteiger partial charge in [-0.05, 0) is 36.4 Å². The zero-order chi connectivity index (χ0) is 18.1. The lowest BCUT2D eigenvalue weighted by atomic mass is 9.97. The third kappa shape index (κ3) is 3.24. The van der Waals surface area contributed by atoms with Crippen molar-refractivity contribution in [3.05, 3.63) is 58.8 Å². The fraction of sp³-hybridized carbons (Fsp3) is 0.278. The number of rotatable bonds is 3. The molecule has 0 spiro atoms. The van der Waals surface area contributed by atoms with Gasteiger partial charge in [-0.2, -0.15) is 4.98 Å². The maximum absolute atomic E-state index is 13.9. The molecule has 0 saturated carbocycles. The number of aromatic nitrogens is 2. The average molecular weight is 375 g/mol. The highest BCUT2D eigenvalue weighted by Gasteiger charge is 2.30. The SMILES string of the molecule is O=C(c1ccc(F)cc1F)N1CCC[C@@H](c2nc(-c3cccs3)no2)C1. The largest absolute Gasteiger partial charge is 0.339 e. The first-order valence-electron chi connectivity index (χ1n) is 8.23.